The van der Waals surface area contributed by atoms with Gasteiger partial charge in [0.05, 0.1) is 0 Å². The van der Waals surface area contributed by atoms with Crippen molar-refractivity contribution in [3.05, 3.63) is 85.1 Å². The fourth-order valence-electron chi connectivity index (χ4n) is 6.99. The number of carbonyl (C=O) groups is 3. The smallest absolute Gasteiger partial charge is 0.306 e. The molecule has 0 aliphatic carbocycles. The first-order valence-corrected chi connectivity index (χ1v) is 26.1. The second-order valence-electron chi connectivity index (χ2n) is 17.0. The Morgan fingerprint density at radius 3 is 0.984 bits per heavy atom. The van der Waals surface area contributed by atoms with Crippen LogP contribution in [0.15, 0.2) is 85.1 Å². The molecule has 0 heterocycles. The van der Waals surface area contributed by atoms with Gasteiger partial charge in [-0.05, 0) is 109 Å². The second kappa shape index (κ2) is 51.2. The van der Waals surface area contributed by atoms with Gasteiger partial charge >= 0.3 is 17.9 Å². The summed E-state index contributed by atoms with van der Waals surface area (Å²) < 4.78 is 16.8. The zero-order chi connectivity index (χ0) is 45.8. The lowest BCUT2D eigenvalue weighted by atomic mass is 10.1. The van der Waals surface area contributed by atoms with Gasteiger partial charge in [-0.2, -0.15) is 0 Å². The van der Waals surface area contributed by atoms with Crippen LogP contribution < -0.4 is 0 Å². The van der Waals surface area contributed by atoms with Gasteiger partial charge in [-0.15, -0.1) is 0 Å². The summed E-state index contributed by atoms with van der Waals surface area (Å²) in [6, 6.07) is 0. The third kappa shape index (κ3) is 49.5. The van der Waals surface area contributed by atoms with Crippen LogP contribution in [0.1, 0.15) is 239 Å². The number of carbonyl (C=O) groups excluding carboxylic acids is 3. The number of unbranched alkanes of at least 4 members (excludes halogenated alkanes) is 21. The van der Waals surface area contributed by atoms with Gasteiger partial charge in [0.25, 0.3) is 0 Å². The van der Waals surface area contributed by atoms with Crippen LogP contribution >= 0.6 is 0 Å². The molecule has 0 aliphatic rings. The van der Waals surface area contributed by atoms with Crippen LogP contribution in [0.25, 0.3) is 0 Å². The molecule has 0 rings (SSSR count). The molecule has 63 heavy (non-hydrogen) atoms. The van der Waals surface area contributed by atoms with E-state index in [4.69, 9.17) is 14.2 Å². The topological polar surface area (TPSA) is 78.9 Å². The highest BCUT2D eigenvalue weighted by Gasteiger charge is 2.19. The molecular weight excluding hydrogens is 781 g/mol. The summed E-state index contributed by atoms with van der Waals surface area (Å²) in [7, 11) is 0. The van der Waals surface area contributed by atoms with E-state index in [0.717, 1.165) is 116 Å². The van der Waals surface area contributed by atoms with Crippen LogP contribution in [-0.4, -0.2) is 37.2 Å². The molecule has 0 aliphatic heterocycles. The van der Waals surface area contributed by atoms with Crippen molar-refractivity contribution in [1.29, 1.82) is 0 Å². The van der Waals surface area contributed by atoms with Crippen LogP contribution in [0.3, 0.4) is 0 Å². The first-order chi connectivity index (χ1) is 31.0. The SMILES string of the molecule is CC/C=C\C/C=C\C/C=C\CCCCCCCCCCCC(=O)OCC(COC(=O)CCCCCCC/C=C\CCCCC)OC(=O)CCCCCC/C=C\C/C=C\C/C=C\CC. The fourth-order valence-corrected chi connectivity index (χ4v) is 6.99. The molecule has 6 heteroatoms. The van der Waals surface area contributed by atoms with Crippen LogP contribution in [0.4, 0.5) is 0 Å². The van der Waals surface area contributed by atoms with E-state index in [0.29, 0.717) is 19.3 Å². The van der Waals surface area contributed by atoms with E-state index in [1.807, 2.05) is 0 Å². The number of allylic oxidation sites excluding steroid dienone is 14. The van der Waals surface area contributed by atoms with Crippen molar-refractivity contribution in [1.82, 2.24) is 0 Å². The predicted octanol–water partition coefficient (Wildman–Crippen LogP) is 17.2. The van der Waals surface area contributed by atoms with Gasteiger partial charge in [-0.3, -0.25) is 14.4 Å². The first-order valence-electron chi connectivity index (χ1n) is 26.1. The molecule has 0 aromatic rings. The van der Waals surface area contributed by atoms with E-state index in [1.165, 1.54) is 83.5 Å². The highest BCUT2D eigenvalue weighted by atomic mass is 16.6. The maximum Gasteiger partial charge on any atom is 0.306 e. The molecule has 360 valence electrons. The molecule has 0 aromatic heterocycles. The quantitative estimate of drug-likeness (QED) is 0.0262. The van der Waals surface area contributed by atoms with Gasteiger partial charge in [0, 0.05) is 19.3 Å². The van der Waals surface area contributed by atoms with Crippen molar-refractivity contribution in [2.75, 3.05) is 13.2 Å². The van der Waals surface area contributed by atoms with E-state index in [1.54, 1.807) is 0 Å². The molecule has 0 amide bonds. The lowest BCUT2D eigenvalue weighted by molar-refractivity contribution is -0.167. The summed E-state index contributed by atoms with van der Waals surface area (Å²) in [5.41, 5.74) is 0. The molecule has 0 aromatic carbocycles. The van der Waals surface area contributed by atoms with E-state index < -0.39 is 6.10 Å². The molecule has 0 fully saturated rings. The Kier molecular flexibility index (Phi) is 48.5. The predicted molar refractivity (Wildman–Crippen MR) is 270 cm³/mol. The molecule has 6 nitrogen and oxygen atoms in total. The van der Waals surface area contributed by atoms with Crippen LogP contribution in [0, 0.1) is 0 Å². The molecule has 0 N–H and O–H groups in total. The minimum Gasteiger partial charge on any atom is -0.462 e. The van der Waals surface area contributed by atoms with Gasteiger partial charge in [0.15, 0.2) is 6.10 Å². The Morgan fingerprint density at radius 1 is 0.333 bits per heavy atom. The Bertz CT molecular complexity index is 1240. The Hall–Kier alpha value is -3.41. The molecule has 0 bridgehead atoms. The standard InChI is InChI=1S/C57H96O6/c1-4-7-10-13-16-19-22-25-27-28-29-30-31-33-35-38-41-44-47-50-56(59)62-53-54(52-61-55(58)49-46-43-40-37-34-24-21-18-15-12-9-6-3)63-57(60)51-48-45-42-39-36-32-26-23-20-17-14-11-8-5-2/h7-8,10-11,16-21,25-27,32,54H,4-6,9,12-15,22-24,28-31,33-53H2,1-3H3/b10-7-,11-8-,19-16-,20-17-,21-18-,27-25-,32-26-. The van der Waals surface area contributed by atoms with Crippen LogP contribution in [0.2, 0.25) is 0 Å². The number of hydrogen-bond acceptors (Lipinski definition) is 6. The summed E-state index contributed by atoms with van der Waals surface area (Å²) in [4.78, 5) is 38.0. The zero-order valence-corrected chi connectivity index (χ0v) is 41.1. The van der Waals surface area contributed by atoms with Gasteiger partial charge in [0.1, 0.15) is 13.2 Å². The summed E-state index contributed by atoms with van der Waals surface area (Å²) in [6.45, 7) is 6.36. The molecule has 0 saturated carbocycles. The number of hydrogen-bond donors (Lipinski definition) is 0. The number of ether oxygens (including phenoxy) is 3. The minimum absolute atomic E-state index is 0.0916. The van der Waals surface area contributed by atoms with Crippen molar-refractivity contribution in [2.45, 2.75) is 245 Å². The second-order valence-corrected chi connectivity index (χ2v) is 17.0. The monoisotopic (exact) mass is 877 g/mol. The average molecular weight is 877 g/mol. The van der Waals surface area contributed by atoms with Gasteiger partial charge in [-0.25, -0.2) is 0 Å². The van der Waals surface area contributed by atoms with Gasteiger partial charge in [0.2, 0.25) is 0 Å². The summed E-state index contributed by atoms with van der Waals surface area (Å²) in [6.07, 6.45) is 65.7. The lowest BCUT2D eigenvalue weighted by Gasteiger charge is -2.18. The summed E-state index contributed by atoms with van der Waals surface area (Å²) in [5.74, 6) is -0.929. The lowest BCUT2D eigenvalue weighted by Crippen LogP contribution is -2.30. The third-order valence-electron chi connectivity index (χ3n) is 10.9. The highest BCUT2D eigenvalue weighted by molar-refractivity contribution is 5.71. The van der Waals surface area contributed by atoms with Crippen molar-refractivity contribution in [2.24, 2.45) is 0 Å². The highest BCUT2D eigenvalue weighted by Crippen LogP contribution is 2.14. The van der Waals surface area contributed by atoms with Gasteiger partial charge < -0.3 is 14.2 Å². The van der Waals surface area contributed by atoms with E-state index in [9.17, 15) is 14.4 Å². The van der Waals surface area contributed by atoms with Crippen molar-refractivity contribution in [3.8, 4) is 0 Å². The maximum atomic E-state index is 12.8. The number of esters is 3. The molecular formula is C57H96O6. The largest absolute Gasteiger partial charge is 0.462 e. The molecule has 1 atom stereocenters. The Balaban J connectivity index is 4.39. The van der Waals surface area contributed by atoms with Crippen molar-refractivity contribution < 1.29 is 28.6 Å². The minimum atomic E-state index is -0.793. The van der Waals surface area contributed by atoms with Crippen molar-refractivity contribution in [3.63, 3.8) is 0 Å². The molecule has 1 unspecified atom stereocenters. The summed E-state index contributed by atoms with van der Waals surface area (Å²) >= 11 is 0. The third-order valence-corrected chi connectivity index (χ3v) is 10.9. The summed E-state index contributed by atoms with van der Waals surface area (Å²) in [5, 5.41) is 0. The fraction of sp³-hybridized carbons (Fsp3) is 0.702. The normalized spacial score (nSPS) is 12.7. The maximum absolute atomic E-state index is 12.8. The van der Waals surface area contributed by atoms with E-state index >= 15 is 0 Å². The van der Waals surface area contributed by atoms with Crippen LogP contribution in [-0.2, 0) is 28.6 Å². The van der Waals surface area contributed by atoms with Crippen LogP contribution in [0.5, 0.6) is 0 Å². The Labute approximate surface area is 388 Å². The van der Waals surface area contributed by atoms with E-state index in [2.05, 4.69) is 106 Å². The average Bonchev–Trinajstić information content (AvgIpc) is 3.28. The van der Waals surface area contributed by atoms with E-state index in [-0.39, 0.29) is 31.1 Å². The van der Waals surface area contributed by atoms with Gasteiger partial charge in [-0.1, -0.05) is 196 Å². The zero-order valence-electron chi connectivity index (χ0n) is 41.1. The molecule has 0 spiro atoms. The Morgan fingerprint density at radius 2 is 0.619 bits per heavy atom. The molecule has 0 saturated heterocycles. The van der Waals surface area contributed by atoms with Crippen molar-refractivity contribution >= 4 is 17.9 Å². The number of rotatable bonds is 46. The molecule has 0 radical (unpaired) electrons. The first kappa shape index (κ1) is 59.6.